The lowest BCUT2D eigenvalue weighted by molar-refractivity contribution is 0.0756. The number of carbonyl (C=O) groups excluding carboxylic acids is 1. The van der Waals surface area contributed by atoms with E-state index in [-0.39, 0.29) is 12.0 Å². The van der Waals surface area contributed by atoms with E-state index in [9.17, 15) is 4.79 Å². The van der Waals surface area contributed by atoms with Crippen molar-refractivity contribution in [1.29, 1.82) is 0 Å². The Morgan fingerprint density at radius 1 is 1.65 bits per heavy atom. The Bertz CT molecular complexity index is 354. The van der Waals surface area contributed by atoms with E-state index in [1.54, 1.807) is 7.05 Å². The number of rotatable bonds is 6. The third-order valence-corrected chi connectivity index (χ3v) is 2.24. The molecule has 6 nitrogen and oxygen atoms in total. The predicted molar refractivity (Wildman–Crippen MR) is 65.7 cm³/mol. The highest BCUT2D eigenvalue weighted by molar-refractivity contribution is 5.97. The van der Waals surface area contributed by atoms with Crippen LogP contribution in [0, 0.1) is 0 Å². The van der Waals surface area contributed by atoms with Crippen LogP contribution in [0.25, 0.3) is 0 Å². The number of aromatic nitrogens is 2. The molecule has 0 saturated heterocycles. The number of aryl methyl sites for hydroxylation is 1. The molecule has 0 aliphatic rings. The molecule has 0 radical (unpaired) electrons. The summed E-state index contributed by atoms with van der Waals surface area (Å²) in [6.07, 6.45) is 2.47. The summed E-state index contributed by atoms with van der Waals surface area (Å²) in [6, 6.07) is 0. The molecule has 0 atom stereocenters. The molecule has 1 heterocycles. The van der Waals surface area contributed by atoms with Crippen LogP contribution in [0.15, 0.2) is 6.20 Å². The number of anilines is 1. The van der Waals surface area contributed by atoms with E-state index in [0.717, 1.165) is 6.42 Å². The van der Waals surface area contributed by atoms with E-state index >= 15 is 0 Å². The van der Waals surface area contributed by atoms with Crippen LogP contribution in [0.5, 0.6) is 0 Å². The quantitative estimate of drug-likeness (QED) is 0.711. The molecule has 0 aliphatic carbocycles. The lowest BCUT2D eigenvalue weighted by Crippen LogP contribution is -2.28. The fraction of sp³-hybridized carbons (Fsp3) is 0.636. The number of nitrogens with one attached hydrogen (secondary N) is 1. The van der Waals surface area contributed by atoms with Crippen LogP contribution in [-0.4, -0.2) is 34.9 Å². The molecule has 6 heteroatoms. The van der Waals surface area contributed by atoms with Crippen molar-refractivity contribution in [3.63, 3.8) is 0 Å². The zero-order chi connectivity index (χ0) is 12.8. The van der Waals surface area contributed by atoms with Gasteiger partial charge in [0.15, 0.2) is 0 Å². The second-order valence-corrected chi connectivity index (χ2v) is 4.10. The fourth-order valence-electron chi connectivity index (χ4n) is 1.41. The summed E-state index contributed by atoms with van der Waals surface area (Å²) in [6.45, 7) is 5.17. The first-order valence-corrected chi connectivity index (χ1v) is 5.69. The number of nitrogens with zero attached hydrogens (tertiary/aromatic N) is 2. The van der Waals surface area contributed by atoms with Gasteiger partial charge in [-0.2, -0.15) is 5.10 Å². The molecule has 0 bridgehead atoms. The zero-order valence-electron chi connectivity index (χ0n) is 10.6. The van der Waals surface area contributed by atoms with Crippen LogP contribution >= 0.6 is 0 Å². The van der Waals surface area contributed by atoms with Crippen molar-refractivity contribution in [2.24, 2.45) is 7.05 Å². The monoisotopic (exact) mass is 240 g/mol. The first-order chi connectivity index (χ1) is 8.02. The van der Waals surface area contributed by atoms with Crippen molar-refractivity contribution in [1.82, 2.24) is 15.1 Å². The summed E-state index contributed by atoms with van der Waals surface area (Å²) < 4.78 is 6.84. The summed E-state index contributed by atoms with van der Waals surface area (Å²) in [4.78, 5) is 11.8. The molecule has 0 aliphatic heterocycles. The molecule has 0 unspecified atom stereocenters. The molecular weight excluding hydrogens is 220 g/mol. The second kappa shape index (κ2) is 6.24. The molecule has 0 saturated carbocycles. The maximum absolute atomic E-state index is 11.8. The average Bonchev–Trinajstić information content (AvgIpc) is 2.57. The van der Waals surface area contributed by atoms with Gasteiger partial charge in [-0.05, 0) is 20.3 Å². The Morgan fingerprint density at radius 2 is 2.35 bits per heavy atom. The van der Waals surface area contributed by atoms with Gasteiger partial charge >= 0.3 is 0 Å². The largest absolute Gasteiger partial charge is 0.396 e. The van der Waals surface area contributed by atoms with Crippen LogP contribution in [0.4, 0.5) is 5.69 Å². The van der Waals surface area contributed by atoms with Crippen molar-refractivity contribution >= 4 is 11.6 Å². The SMILES string of the molecule is CC(C)OCCCNC(=O)c1c(N)cnn1C. The van der Waals surface area contributed by atoms with Gasteiger partial charge in [-0.15, -0.1) is 0 Å². The number of hydrogen-bond acceptors (Lipinski definition) is 4. The van der Waals surface area contributed by atoms with Crippen LogP contribution < -0.4 is 11.1 Å². The number of amides is 1. The topological polar surface area (TPSA) is 82.2 Å². The van der Waals surface area contributed by atoms with Gasteiger partial charge in [-0.1, -0.05) is 0 Å². The number of nitrogens with two attached hydrogens (primary N) is 1. The standard InChI is InChI=1S/C11H20N4O2/c1-8(2)17-6-4-5-13-11(16)10-9(12)7-14-15(10)3/h7-8H,4-6,12H2,1-3H3,(H,13,16). The fourth-order valence-corrected chi connectivity index (χ4v) is 1.41. The minimum absolute atomic E-state index is 0.202. The summed E-state index contributed by atoms with van der Waals surface area (Å²) in [5.74, 6) is -0.202. The lowest BCUT2D eigenvalue weighted by atomic mass is 10.3. The summed E-state index contributed by atoms with van der Waals surface area (Å²) in [7, 11) is 1.69. The Hall–Kier alpha value is -1.56. The Morgan fingerprint density at radius 3 is 2.88 bits per heavy atom. The van der Waals surface area contributed by atoms with Crippen molar-refractivity contribution < 1.29 is 9.53 Å². The smallest absolute Gasteiger partial charge is 0.271 e. The lowest BCUT2D eigenvalue weighted by Gasteiger charge is -2.08. The van der Waals surface area contributed by atoms with Gasteiger partial charge in [-0.3, -0.25) is 9.48 Å². The van der Waals surface area contributed by atoms with Crippen LogP contribution in [0.1, 0.15) is 30.8 Å². The highest BCUT2D eigenvalue weighted by Crippen LogP contribution is 2.08. The first-order valence-electron chi connectivity index (χ1n) is 5.69. The van der Waals surface area contributed by atoms with E-state index in [4.69, 9.17) is 10.5 Å². The van der Waals surface area contributed by atoms with Gasteiger partial charge in [0.1, 0.15) is 5.69 Å². The Kier molecular flexibility index (Phi) is 4.96. The Balaban J connectivity index is 2.31. The first kappa shape index (κ1) is 13.5. The number of nitrogen functional groups attached to an aromatic ring is 1. The molecule has 96 valence electrons. The molecule has 0 aromatic carbocycles. The van der Waals surface area contributed by atoms with Gasteiger partial charge < -0.3 is 15.8 Å². The van der Waals surface area contributed by atoms with Gasteiger partial charge in [0, 0.05) is 20.2 Å². The van der Waals surface area contributed by atoms with E-state index < -0.39 is 0 Å². The number of ether oxygens (including phenoxy) is 1. The van der Waals surface area contributed by atoms with E-state index in [2.05, 4.69) is 10.4 Å². The number of carbonyl (C=O) groups is 1. The summed E-state index contributed by atoms with van der Waals surface area (Å²) in [5, 5.41) is 6.69. The summed E-state index contributed by atoms with van der Waals surface area (Å²) in [5.41, 5.74) is 6.43. The Labute approximate surface area is 101 Å². The van der Waals surface area contributed by atoms with E-state index in [1.165, 1.54) is 10.9 Å². The third-order valence-electron chi connectivity index (χ3n) is 2.24. The molecule has 3 N–H and O–H groups in total. The minimum Gasteiger partial charge on any atom is -0.396 e. The number of hydrogen-bond donors (Lipinski definition) is 2. The molecule has 17 heavy (non-hydrogen) atoms. The second-order valence-electron chi connectivity index (χ2n) is 4.10. The zero-order valence-corrected chi connectivity index (χ0v) is 10.6. The van der Waals surface area contributed by atoms with Crippen LogP contribution in [0.3, 0.4) is 0 Å². The van der Waals surface area contributed by atoms with Crippen LogP contribution in [0.2, 0.25) is 0 Å². The molecule has 1 aromatic heterocycles. The molecule has 1 rings (SSSR count). The molecule has 1 aromatic rings. The normalized spacial score (nSPS) is 10.8. The molecule has 0 fully saturated rings. The van der Waals surface area contributed by atoms with Crippen LogP contribution in [-0.2, 0) is 11.8 Å². The van der Waals surface area contributed by atoms with Crippen molar-refractivity contribution in [3.8, 4) is 0 Å². The van der Waals surface area contributed by atoms with Crippen molar-refractivity contribution in [2.45, 2.75) is 26.4 Å². The average molecular weight is 240 g/mol. The van der Waals surface area contributed by atoms with Gasteiger partial charge in [-0.25, -0.2) is 0 Å². The van der Waals surface area contributed by atoms with E-state index in [0.29, 0.717) is 24.5 Å². The van der Waals surface area contributed by atoms with Crippen molar-refractivity contribution in [2.75, 3.05) is 18.9 Å². The molecule has 0 spiro atoms. The summed E-state index contributed by atoms with van der Waals surface area (Å²) >= 11 is 0. The van der Waals surface area contributed by atoms with Gasteiger partial charge in [0.25, 0.3) is 5.91 Å². The predicted octanol–water partition coefficient (Wildman–Crippen LogP) is 0.547. The maximum atomic E-state index is 11.8. The minimum atomic E-state index is -0.202. The molecular formula is C11H20N4O2. The highest BCUT2D eigenvalue weighted by atomic mass is 16.5. The van der Waals surface area contributed by atoms with Gasteiger partial charge in [0.2, 0.25) is 0 Å². The van der Waals surface area contributed by atoms with Gasteiger partial charge in [0.05, 0.1) is 18.0 Å². The maximum Gasteiger partial charge on any atom is 0.271 e. The van der Waals surface area contributed by atoms with E-state index in [1.807, 2.05) is 13.8 Å². The highest BCUT2D eigenvalue weighted by Gasteiger charge is 2.13. The molecule has 1 amide bonds. The third kappa shape index (κ3) is 4.07. The van der Waals surface area contributed by atoms with Crippen molar-refractivity contribution in [3.05, 3.63) is 11.9 Å².